The molecule has 0 N–H and O–H groups in total. The highest BCUT2D eigenvalue weighted by Crippen LogP contribution is 2.26. The summed E-state index contributed by atoms with van der Waals surface area (Å²) in [5.74, 6) is -0.0238. The van der Waals surface area contributed by atoms with Crippen molar-refractivity contribution in [1.82, 2.24) is 0 Å². The molecule has 0 fully saturated rings. The van der Waals surface area contributed by atoms with Gasteiger partial charge in [0.05, 0.1) is 18.0 Å². The summed E-state index contributed by atoms with van der Waals surface area (Å²) in [5.41, 5.74) is 2.86. The number of esters is 1. The Morgan fingerprint density at radius 3 is 2.29 bits per heavy atom. The van der Waals surface area contributed by atoms with E-state index in [0.29, 0.717) is 12.5 Å². The molecule has 0 amide bonds. The van der Waals surface area contributed by atoms with Crippen LogP contribution in [0.25, 0.3) is 0 Å². The number of azo groups is 1. The van der Waals surface area contributed by atoms with Gasteiger partial charge in [0, 0.05) is 6.08 Å². The molecule has 1 atom stereocenters. The van der Waals surface area contributed by atoms with E-state index in [-0.39, 0.29) is 5.97 Å². The molecule has 0 aromatic heterocycles. The van der Waals surface area contributed by atoms with Gasteiger partial charge >= 0.3 is 5.97 Å². The number of ether oxygens (including phenoxy) is 1. The fraction of sp³-hybridized carbons (Fsp3) is 0.250. The van der Waals surface area contributed by atoms with Crippen molar-refractivity contribution < 1.29 is 9.53 Å². The maximum Gasteiger partial charge on any atom is 0.330 e. The number of carbonyl (C=O) groups excluding carboxylic acids is 1. The van der Waals surface area contributed by atoms with Crippen molar-refractivity contribution in [1.29, 1.82) is 0 Å². The smallest absolute Gasteiger partial charge is 0.330 e. The van der Waals surface area contributed by atoms with E-state index in [2.05, 4.69) is 35.9 Å². The maximum absolute atomic E-state index is 11.1. The van der Waals surface area contributed by atoms with Crippen LogP contribution in [0.15, 0.2) is 77.5 Å². The Labute approximate surface area is 142 Å². The van der Waals surface area contributed by atoms with Crippen LogP contribution in [0.5, 0.6) is 0 Å². The minimum absolute atomic E-state index is 0.350. The standard InChI is InChI=1S/C20H22N2O2/c1-3-16(14-15-24-20(23)4-2)17-10-12-19(13-11-17)22-21-18-8-6-5-7-9-18/h4-13,16H,2-3,14-15H2,1H3. The molecule has 0 radical (unpaired) electrons. The van der Waals surface area contributed by atoms with E-state index in [1.54, 1.807) is 0 Å². The molecule has 2 rings (SSSR count). The molecule has 0 aliphatic rings. The second-order valence-electron chi connectivity index (χ2n) is 5.39. The first-order chi connectivity index (χ1) is 11.7. The highest BCUT2D eigenvalue weighted by molar-refractivity contribution is 5.81. The van der Waals surface area contributed by atoms with Crippen LogP contribution in [0.1, 0.15) is 31.2 Å². The van der Waals surface area contributed by atoms with E-state index >= 15 is 0 Å². The van der Waals surface area contributed by atoms with Gasteiger partial charge in [-0.1, -0.05) is 43.8 Å². The molecule has 1 unspecified atom stereocenters. The summed E-state index contributed by atoms with van der Waals surface area (Å²) in [6, 6.07) is 17.7. The topological polar surface area (TPSA) is 51.0 Å². The fourth-order valence-corrected chi connectivity index (χ4v) is 2.39. The van der Waals surface area contributed by atoms with Crippen molar-refractivity contribution in [2.45, 2.75) is 25.7 Å². The van der Waals surface area contributed by atoms with Gasteiger partial charge in [-0.3, -0.25) is 0 Å². The van der Waals surface area contributed by atoms with Crippen LogP contribution in [0, 0.1) is 0 Å². The van der Waals surface area contributed by atoms with Crippen molar-refractivity contribution >= 4 is 17.3 Å². The summed E-state index contributed by atoms with van der Waals surface area (Å²) in [7, 11) is 0. The van der Waals surface area contributed by atoms with Crippen LogP contribution in [-0.4, -0.2) is 12.6 Å². The van der Waals surface area contributed by atoms with Crippen molar-refractivity contribution in [2.75, 3.05) is 6.61 Å². The van der Waals surface area contributed by atoms with E-state index in [1.807, 2.05) is 42.5 Å². The maximum atomic E-state index is 11.1. The van der Waals surface area contributed by atoms with E-state index < -0.39 is 0 Å². The summed E-state index contributed by atoms with van der Waals surface area (Å²) in [6.45, 7) is 5.92. The molecule has 2 aromatic carbocycles. The van der Waals surface area contributed by atoms with Crippen LogP contribution >= 0.6 is 0 Å². The average Bonchev–Trinajstić information content (AvgIpc) is 2.65. The summed E-state index contributed by atoms with van der Waals surface area (Å²) in [4.78, 5) is 11.1. The van der Waals surface area contributed by atoms with Crippen molar-refractivity contribution in [3.8, 4) is 0 Å². The Hall–Kier alpha value is -2.75. The molecule has 0 aliphatic carbocycles. The minimum atomic E-state index is -0.374. The lowest BCUT2D eigenvalue weighted by Gasteiger charge is -2.15. The molecule has 0 bridgehead atoms. The third kappa shape index (κ3) is 5.47. The number of hydrogen-bond donors (Lipinski definition) is 0. The summed E-state index contributed by atoms with van der Waals surface area (Å²) in [5, 5.41) is 8.45. The van der Waals surface area contributed by atoms with Crippen molar-refractivity contribution in [3.05, 3.63) is 72.8 Å². The Kier molecular flexibility index (Phi) is 6.90. The quantitative estimate of drug-likeness (QED) is 0.355. The molecule has 0 heterocycles. The zero-order chi connectivity index (χ0) is 17.2. The molecule has 0 spiro atoms. The molecule has 0 aliphatic heterocycles. The largest absolute Gasteiger partial charge is 0.463 e. The number of rotatable bonds is 8. The predicted molar refractivity (Wildman–Crippen MR) is 95.9 cm³/mol. The van der Waals surface area contributed by atoms with Gasteiger partial charge in [-0.25, -0.2) is 4.79 Å². The Bertz CT molecular complexity index is 679. The summed E-state index contributed by atoms with van der Waals surface area (Å²) >= 11 is 0. The lowest BCUT2D eigenvalue weighted by atomic mass is 9.93. The van der Waals surface area contributed by atoms with Crippen LogP contribution in [-0.2, 0) is 9.53 Å². The van der Waals surface area contributed by atoms with Crippen molar-refractivity contribution in [2.24, 2.45) is 10.2 Å². The van der Waals surface area contributed by atoms with E-state index in [4.69, 9.17) is 4.74 Å². The third-order valence-electron chi connectivity index (χ3n) is 3.77. The van der Waals surface area contributed by atoms with Crippen molar-refractivity contribution in [3.63, 3.8) is 0 Å². The van der Waals surface area contributed by atoms with Crippen LogP contribution in [0.4, 0.5) is 11.4 Å². The highest BCUT2D eigenvalue weighted by atomic mass is 16.5. The Morgan fingerprint density at radius 2 is 1.71 bits per heavy atom. The Balaban J connectivity index is 1.95. The SMILES string of the molecule is C=CC(=O)OCCC(CC)c1ccc(N=Nc2ccccc2)cc1. The summed E-state index contributed by atoms with van der Waals surface area (Å²) < 4.78 is 5.07. The number of benzene rings is 2. The normalized spacial score (nSPS) is 12.0. The number of hydrogen-bond acceptors (Lipinski definition) is 4. The van der Waals surface area contributed by atoms with Gasteiger partial charge in [0.15, 0.2) is 0 Å². The lowest BCUT2D eigenvalue weighted by molar-refractivity contribution is -0.137. The van der Waals surface area contributed by atoms with Gasteiger partial charge in [-0.05, 0) is 48.6 Å². The average molecular weight is 322 g/mol. The fourth-order valence-electron chi connectivity index (χ4n) is 2.39. The highest BCUT2D eigenvalue weighted by Gasteiger charge is 2.10. The van der Waals surface area contributed by atoms with Gasteiger partial charge < -0.3 is 4.74 Å². The molecule has 0 saturated carbocycles. The lowest BCUT2D eigenvalue weighted by Crippen LogP contribution is -2.06. The van der Waals surface area contributed by atoms with E-state index in [0.717, 1.165) is 24.2 Å². The molecule has 24 heavy (non-hydrogen) atoms. The molecular weight excluding hydrogens is 300 g/mol. The molecule has 4 nitrogen and oxygen atoms in total. The molecule has 0 saturated heterocycles. The monoisotopic (exact) mass is 322 g/mol. The Morgan fingerprint density at radius 1 is 1.08 bits per heavy atom. The number of carbonyl (C=O) groups is 1. The third-order valence-corrected chi connectivity index (χ3v) is 3.77. The van der Waals surface area contributed by atoms with Gasteiger partial charge in [0.1, 0.15) is 0 Å². The molecule has 4 heteroatoms. The van der Waals surface area contributed by atoms with Gasteiger partial charge in [0.2, 0.25) is 0 Å². The summed E-state index contributed by atoms with van der Waals surface area (Å²) in [6.07, 6.45) is 2.96. The molecular formula is C20H22N2O2. The first-order valence-corrected chi connectivity index (χ1v) is 8.09. The van der Waals surface area contributed by atoms with Gasteiger partial charge in [-0.15, -0.1) is 0 Å². The van der Waals surface area contributed by atoms with Crippen LogP contribution in [0.3, 0.4) is 0 Å². The van der Waals surface area contributed by atoms with Gasteiger partial charge in [0.25, 0.3) is 0 Å². The first kappa shape index (κ1) is 17.6. The molecule has 124 valence electrons. The predicted octanol–water partition coefficient (Wildman–Crippen LogP) is 5.71. The second kappa shape index (κ2) is 9.40. The minimum Gasteiger partial charge on any atom is -0.463 e. The van der Waals surface area contributed by atoms with Crippen LogP contribution < -0.4 is 0 Å². The molecule has 2 aromatic rings. The van der Waals surface area contributed by atoms with Crippen LogP contribution in [0.2, 0.25) is 0 Å². The van der Waals surface area contributed by atoms with E-state index in [1.165, 1.54) is 11.6 Å². The zero-order valence-electron chi connectivity index (χ0n) is 13.9. The zero-order valence-corrected chi connectivity index (χ0v) is 13.9. The van der Waals surface area contributed by atoms with E-state index in [9.17, 15) is 4.79 Å². The first-order valence-electron chi connectivity index (χ1n) is 8.09. The second-order valence-corrected chi connectivity index (χ2v) is 5.39. The number of nitrogens with zero attached hydrogens (tertiary/aromatic N) is 2. The van der Waals surface area contributed by atoms with Gasteiger partial charge in [-0.2, -0.15) is 10.2 Å².